The Balaban J connectivity index is 1.86. The van der Waals surface area contributed by atoms with E-state index >= 15 is 0 Å². The Labute approximate surface area is 112 Å². The second-order valence-electron chi connectivity index (χ2n) is 6.07. The van der Waals surface area contributed by atoms with Gasteiger partial charge in [0.2, 0.25) is 0 Å². The minimum absolute atomic E-state index is 0.793. The predicted octanol–water partition coefficient (Wildman–Crippen LogP) is 4.07. The van der Waals surface area contributed by atoms with Gasteiger partial charge in [0.1, 0.15) is 0 Å². The molecular formula is C15H29NS. The molecule has 2 aliphatic rings. The van der Waals surface area contributed by atoms with E-state index in [9.17, 15) is 0 Å². The molecule has 0 aromatic heterocycles. The van der Waals surface area contributed by atoms with Crippen LogP contribution in [0, 0.1) is 11.8 Å². The molecule has 5 atom stereocenters. The molecule has 2 saturated carbocycles. The standard InChI is InChI=1S/C15H29NS/c1-4-17-15-10-6-9-14(15)16-13-8-5-7-11(2)12(13)3/h11-16H,4-10H2,1-3H3. The van der Waals surface area contributed by atoms with Gasteiger partial charge in [-0.25, -0.2) is 0 Å². The molecule has 0 saturated heterocycles. The lowest BCUT2D eigenvalue weighted by Gasteiger charge is -2.37. The first-order valence-electron chi connectivity index (χ1n) is 7.60. The van der Waals surface area contributed by atoms with Crippen LogP contribution < -0.4 is 5.32 Å². The molecule has 2 fully saturated rings. The lowest BCUT2D eigenvalue weighted by molar-refractivity contribution is 0.194. The lowest BCUT2D eigenvalue weighted by Crippen LogP contribution is -2.47. The van der Waals surface area contributed by atoms with Crippen LogP contribution in [0.5, 0.6) is 0 Å². The molecule has 0 amide bonds. The summed E-state index contributed by atoms with van der Waals surface area (Å²) < 4.78 is 0. The maximum absolute atomic E-state index is 4.01. The molecule has 5 unspecified atom stereocenters. The summed E-state index contributed by atoms with van der Waals surface area (Å²) in [6.45, 7) is 7.19. The average molecular weight is 255 g/mol. The van der Waals surface area contributed by atoms with Crippen molar-refractivity contribution in [2.45, 2.75) is 76.6 Å². The van der Waals surface area contributed by atoms with Gasteiger partial charge in [-0.15, -0.1) is 0 Å². The number of thioether (sulfide) groups is 1. The smallest absolute Gasteiger partial charge is 0.0201 e. The topological polar surface area (TPSA) is 12.0 Å². The fraction of sp³-hybridized carbons (Fsp3) is 1.00. The van der Waals surface area contributed by atoms with E-state index in [1.54, 1.807) is 0 Å². The van der Waals surface area contributed by atoms with Gasteiger partial charge in [-0.3, -0.25) is 0 Å². The van der Waals surface area contributed by atoms with Crippen molar-refractivity contribution in [3.05, 3.63) is 0 Å². The molecule has 2 heteroatoms. The summed E-state index contributed by atoms with van der Waals surface area (Å²) in [4.78, 5) is 0. The summed E-state index contributed by atoms with van der Waals surface area (Å²) in [6, 6.07) is 1.60. The minimum atomic E-state index is 0.793. The van der Waals surface area contributed by atoms with Gasteiger partial charge in [-0.05, 0) is 36.9 Å². The third kappa shape index (κ3) is 3.41. The molecule has 2 rings (SSSR count). The van der Waals surface area contributed by atoms with Crippen LogP contribution in [-0.4, -0.2) is 23.1 Å². The molecule has 0 aromatic carbocycles. The highest BCUT2D eigenvalue weighted by molar-refractivity contribution is 7.99. The van der Waals surface area contributed by atoms with Crippen molar-refractivity contribution >= 4 is 11.8 Å². The summed E-state index contributed by atoms with van der Waals surface area (Å²) in [7, 11) is 0. The van der Waals surface area contributed by atoms with Crippen LogP contribution in [0.3, 0.4) is 0 Å². The van der Waals surface area contributed by atoms with Crippen LogP contribution in [-0.2, 0) is 0 Å². The molecule has 0 bridgehead atoms. The van der Waals surface area contributed by atoms with Crippen LogP contribution in [0.1, 0.15) is 59.3 Å². The first kappa shape index (κ1) is 13.7. The Hall–Kier alpha value is 0.310. The van der Waals surface area contributed by atoms with Gasteiger partial charge in [-0.1, -0.05) is 40.0 Å². The highest BCUT2D eigenvalue weighted by Crippen LogP contribution is 2.34. The van der Waals surface area contributed by atoms with E-state index < -0.39 is 0 Å². The van der Waals surface area contributed by atoms with Crippen molar-refractivity contribution in [1.82, 2.24) is 5.32 Å². The minimum Gasteiger partial charge on any atom is -0.310 e. The first-order valence-corrected chi connectivity index (χ1v) is 8.65. The molecule has 17 heavy (non-hydrogen) atoms. The summed E-state index contributed by atoms with van der Waals surface area (Å²) in [5.41, 5.74) is 0. The average Bonchev–Trinajstić information content (AvgIpc) is 2.73. The Kier molecular flexibility index (Phi) is 5.23. The molecule has 0 spiro atoms. The zero-order chi connectivity index (χ0) is 12.3. The van der Waals surface area contributed by atoms with Crippen LogP contribution >= 0.6 is 11.8 Å². The molecule has 0 aliphatic heterocycles. The SMILES string of the molecule is CCSC1CCCC1NC1CCCC(C)C1C. The van der Waals surface area contributed by atoms with E-state index in [2.05, 4.69) is 37.8 Å². The maximum atomic E-state index is 4.01. The molecule has 100 valence electrons. The van der Waals surface area contributed by atoms with E-state index in [0.29, 0.717) is 0 Å². The van der Waals surface area contributed by atoms with Gasteiger partial charge in [0, 0.05) is 17.3 Å². The van der Waals surface area contributed by atoms with E-state index in [0.717, 1.165) is 29.2 Å². The number of rotatable bonds is 4. The largest absolute Gasteiger partial charge is 0.310 e. The predicted molar refractivity (Wildman–Crippen MR) is 78.7 cm³/mol. The quantitative estimate of drug-likeness (QED) is 0.812. The van der Waals surface area contributed by atoms with Crippen molar-refractivity contribution < 1.29 is 0 Å². The molecule has 0 aromatic rings. The fourth-order valence-electron chi connectivity index (χ4n) is 3.62. The molecule has 1 N–H and O–H groups in total. The van der Waals surface area contributed by atoms with Gasteiger partial charge < -0.3 is 5.32 Å². The number of hydrogen-bond donors (Lipinski definition) is 1. The van der Waals surface area contributed by atoms with E-state index in [-0.39, 0.29) is 0 Å². The van der Waals surface area contributed by atoms with Crippen LogP contribution in [0.25, 0.3) is 0 Å². The third-order valence-corrected chi connectivity index (χ3v) is 6.29. The van der Waals surface area contributed by atoms with Gasteiger partial charge in [0.15, 0.2) is 0 Å². The van der Waals surface area contributed by atoms with Gasteiger partial charge in [0.25, 0.3) is 0 Å². The van der Waals surface area contributed by atoms with Crippen LogP contribution in [0.4, 0.5) is 0 Å². The summed E-state index contributed by atoms with van der Waals surface area (Å²) in [5, 5.41) is 4.91. The molecule has 0 heterocycles. The number of nitrogens with one attached hydrogen (secondary N) is 1. The normalized spacial score (nSPS) is 42.9. The van der Waals surface area contributed by atoms with E-state index in [1.807, 2.05) is 0 Å². The Morgan fingerprint density at radius 2 is 1.71 bits per heavy atom. The Bertz CT molecular complexity index is 231. The van der Waals surface area contributed by atoms with Crippen LogP contribution in [0.2, 0.25) is 0 Å². The maximum Gasteiger partial charge on any atom is 0.0201 e. The van der Waals surface area contributed by atoms with Crippen LogP contribution in [0.15, 0.2) is 0 Å². The monoisotopic (exact) mass is 255 g/mol. The van der Waals surface area contributed by atoms with E-state index in [1.165, 1.54) is 44.3 Å². The summed E-state index contributed by atoms with van der Waals surface area (Å²) in [6.07, 6.45) is 8.57. The molecule has 1 nitrogen and oxygen atoms in total. The van der Waals surface area contributed by atoms with Crippen molar-refractivity contribution in [1.29, 1.82) is 0 Å². The van der Waals surface area contributed by atoms with Crippen molar-refractivity contribution in [3.8, 4) is 0 Å². The summed E-state index contributed by atoms with van der Waals surface area (Å²) >= 11 is 2.18. The number of hydrogen-bond acceptors (Lipinski definition) is 2. The van der Waals surface area contributed by atoms with E-state index in [4.69, 9.17) is 0 Å². The molecule has 0 radical (unpaired) electrons. The Morgan fingerprint density at radius 1 is 1.00 bits per heavy atom. The van der Waals surface area contributed by atoms with Crippen molar-refractivity contribution in [3.63, 3.8) is 0 Å². The van der Waals surface area contributed by atoms with Gasteiger partial charge >= 0.3 is 0 Å². The van der Waals surface area contributed by atoms with Crippen molar-refractivity contribution in [2.75, 3.05) is 5.75 Å². The fourth-order valence-corrected chi connectivity index (χ4v) is 4.83. The molecular weight excluding hydrogens is 226 g/mol. The van der Waals surface area contributed by atoms with Crippen molar-refractivity contribution in [2.24, 2.45) is 11.8 Å². The first-order chi connectivity index (χ1) is 8.22. The highest BCUT2D eigenvalue weighted by atomic mass is 32.2. The second kappa shape index (κ2) is 6.47. The Morgan fingerprint density at radius 3 is 2.47 bits per heavy atom. The third-order valence-electron chi connectivity index (χ3n) is 4.97. The summed E-state index contributed by atoms with van der Waals surface area (Å²) in [5.74, 6) is 3.07. The molecule has 2 aliphatic carbocycles. The van der Waals surface area contributed by atoms with Gasteiger partial charge in [-0.2, -0.15) is 11.8 Å². The van der Waals surface area contributed by atoms with Gasteiger partial charge in [0.05, 0.1) is 0 Å². The zero-order valence-electron chi connectivity index (χ0n) is 11.7. The highest BCUT2D eigenvalue weighted by Gasteiger charge is 2.33. The zero-order valence-corrected chi connectivity index (χ0v) is 12.6. The lowest BCUT2D eigenvalue weighted by atomic mass is 9.78. The second-order valence-corrected chi connectivity index (χ2v) is 7.59.